The van der Waals surface area contributed by atoms with Crippen LogP contribution in [-0.2, 0) is 19.9 Å². The van der Waals surface area contributed by atoms with Gasteiger partial charge in [-0.25, -0.2) is 0 Å². The average Bonchev–Trinajstić information content (AvgIpc) is 3.21. The van der Waals surface area contributed by atoms with Crippen LogP contribution in [0.15, 0.2) is 48.5 Å². The number of Topliss-reactive ketones (excluding diaryl/α,β-unsaturated/α-hetero) is 1. The Hall–Kier alpha value is -3.78. The lowest BCUT2D eigenvalue weighted by molar-refractivity contribution is -0.145. The first kappa shape index (κ1) is 32.1. The zero-order valence-electron chi connectivity index (χ0n) is 25.5. The second-order valence-corrected chi connectivity index (χ2v) is 11.5. The first-order chi connectivity index (χ1) is 20.8. The van der Waals surface area contributed by atoms with E-state index >= 15 is 0 Å². The summed E-state index contributed by atoms with van der Waals surface area (Å²) in [7, 11) is 0. The van der Waals surface area contributed by atoms with Crippen molar-refractivity contribution in [2.24, 2.45) is 5.92 Å². The molecule has 2 aromatic carbocycles. The number of ether oxygens (including phenoxy) is 3. The van der Waals surface area contributed by atoms with Gasteiger partial charge in [0.2, 0.25) is 0 Å². The van der Waals surface area contributed by atoms with E-state index in [9.17, 15) is 19.5 Å². The summed E-state index contributed by atoms with van der Waals surface area (Å²) in [5.74, 6) is 0.403. The van der Waals surface area contributed by atoms with Crippen molar-refractivity contribution in [2.45, 2.75) is 83.7 Å². The number of carbonyl (C=O) groups excluding carboxylic acids is 3. The third kappa shape index (κ3) is 7.99. The second-order valence-electron chi connectivity index (χ2n) is 11.5. The number of ketones is 1. The maximum absolute atomic E-state index is 13.4. The lowest BCUT2D eigenvalue weighted by Gasteiger charge is -2.25. The van der Waals surface area contributed by atoms with Crippen LogP contribution in [0.3, 0.4) is 0 Å². The average molecular weight is 590 g/mol. The van der Waals surface area contributed by atoms with Gasteiger partial charge in [-0.3, -0.25) is 14.6 Å². The van der Waals surface area contributed by atoms with E-state index in [1.54, 1.807) is 31.2 Å². The monoisotopic (exact) mass is 589 g/mol. The third-order valence-electron chi connectivity index (χ3n) is 8.16. The minimum absolute atomic E-state index is 0.188. The SMILES string of the molecule is CCCCC(CC)COC(=O)CCCOc1ccc2nc(C3C(=O)c4ccc(OCCCC=O)cc4C3(C)O)ccc2c1. The van der Waals surface area contributed by atoms with Gasteiger partial charge in [-0.1, -0.05) is 39.2 Å². The molecule has 43 heavy (non-hydrogen) atoms. The van der Waals surface area contributed by atoms with Gasteiger partial charge in [-0.2, -0.15) is 0 Å². The number of hydrogen-bond donors (Lipinski definition) is 1. The van der Waals surface area contributed by atoms with Crippen LogP contribution in [0, 0.1) is 5.92 Å². The van der Waals surface area contributed by atoms with Crippen molar-refractivity contribution >= 4 is 28.9 Å². The predicted octanol–water partition coefficient (Wildman–Crippen LogP) is 6.70. The molecule has 1 aliphatic carbocycles. The Kier molecular flexibility index (Phi) is 11.3. The van der Waals surface area contributed by atoms with E-state index < -0.39 is 11.5 Å². The molecular weight excluding hydrogens is 546 g/mol. The van der Waals surface area contributed by atoms with E-state index in [2.05, 4.69) is 13.8 Å². The fourth-order valence-electron chi connectivity index (χ4n) is 5.55. The Morgan fingerprint density at radius 1 is 1.02 bits per heavy atom. The highest BCUT2D eigenvalue weighted by Crippen LogP contribution is 2.47. The summed E-state index contributed by atoms with van der Waals surface area (Å²) in [5.41, 5.74) is 0.657. The number of unbranched alkanes of at least 4 members (excludes halogenated alkanes) is 2. The Bertz CT molecular complexity index is 1420. The fourth-order valence-corrected chi connectivity index (χ4v) is 5.55. The molecule has 0 radical (unpaired) electrons. The molecule has 4 rings (SSSR count). The lowest BCUT2D eigenvalue weighted by atomic mass is 9.86. The van der Waals surface area contributed by atoms with E-state index in [-0.39, 0.29) is 11.8 Å². The Labute approximate surface area is 253 Å². The molecule has 3 unspecified atom stereocenters. The van der Waals surface area contributed by atoms with Crippen molar-refractivity contribution < 1.29 is 33.7 Å². The number of aromatic nitrogens is 1. The molecule has 0 saturated heterocycles. The summed E-state index contributed by atoms with van der Waals surface area (Å²) in [6.45, 7) is 7.18. The van der Waals surface area contributed by atoms with Gasteiger partial charge in [0.15, 0.2) is 5.78 Å². The van der Waals surface area contributed by atoms with Gasteiger partial charge in [-0.15, -0.1) is 0 Å². The van der Waals surface area contributed by atoms with Crippen molar-refractivity contribution in [3.63, 3.8) is 0 Å². The van der Waals surface area contributed by atoms with Crippen LogP contribution in [-0.4, -0.2) is 47.9 Å². The van der Waals surface area contributed by atoms with Gasteiger partial charge in [-0.05, 0) is 80.1 Å². The maximum Gasteiger partial charge on any atom is 0.305 e. The summed E-state index contributed by atoms with van der Waals surface area (Å²) in [5, 5.41) is 12.4. The van der Waals surface area contributed by atoms with Crippen molar-refractivity contribution in [1.82, 2.24) is 4.98 Å². The molecule has 8 heteroatoms. The highest BCUT2D eigenvalue weighted by Gasteiger charge is 2.49. The van der Waals surface area contributed by atoms with Crippen molar-refractivity contribution in [2.75, 3.05) is 19.8 Å². The zero-order valence-corrected chi connectivity index (χ0v) is 25.5. The molecule has 8 nitrogen and oxygen atoms in total. The number of pyridine rings is 1. The molecule has 3 atom stereocenters. The highest BCUT2D eigenvalue weighted by atomic mass is 16.5. The van der Waals surface area contributed by atoms with E-state index in [4.69, 9.17) is 19.2 Å². The van der Waals surface area contributed by atoms with Crippen LogP contribution < -0.4 is 9.47 Å². The number of esters is 1. The maximum atomic E-state index is 13.4. The molecule has 0 fully saturated rings. The molecule has 1 aromatic heterocycles. The fraction of sp³-hybridized carbons (Fsp3) is 0.486. The molecule has 1 aliphatic rings. The van der Waals surface area contributed by atoms with Crippen molar-refractivity contribution in [3.05, 3.63) is 65.4 Å². The Morgan fingerprint density at radius 3 is 2.51 bits per heavy atom. The summed E-state index contributed by atoms with van der Waals surface area (Å²) in [6.07, 6.45) is 7.14. The van der Waals surface area contributed by atoms with E-state index in [1.807, 2.05) is 24.3 Å². The van der Waals surface area contributed by atoms with Gasteiger partial charge in [0.05, 0.1) is 36.9 Å². The molecule has 0 saturated carbocycles. The second kappa shape index (κ2) is 15.1. The molecule has 0 spiro atoms. The van der Waals surface area contributed by atoms with Crippen LogP contribution >= 0.6 is 0 Å². The topological polar surface area (TPSA) is 112 Å². The molecule has 1 heterocycles. The minimum Gasteiger partial charge on any atom is -0.494 e. The van der Waals surface area contributed by atoms with Gasteiger partial charge >= 0.3 is 5.97 Å². The van der Waals surface area contributed by atoms with Gasteiger partial charge in [0, 0.05) is 23.8 Å². The summed E-state index contributed by atoms with van der Waals surface area (Å²) in [6, 6.07) is 14.3. The molecule has 0 amide bonds. The van der Waals surface area contributed by atoms with Crippen LogP contribution in [0.2, 0.25) is 0 Å². The number of hydrogen-bond acceptors (Lipinski definition) is 8. The van der Waals surface area contributed by atoms with Gasteiger partial charge in [0.1, 0.15) is 23.4 Å². The first-order valence-corrected chi connectivity index (χ1v) is 15.4. The third-order valence-corrected chi connectivity index (χ3v) is 8.16. The number of nitrogens with zero attached hydrogens (tertiary/aromatic N) is 1. The number of rotatable bonds is 17. The van der Waals surface area contributed by atoms with Crippen LogP contribution in [0.1, 0.15) is 99.7 Å². The molecule has 3 aromatic rings. The largest absolute Gasteiger partial charge is 0.494 e. The number of carbonyl (C=O) groups is 3. The molecule has 1 N–H and O–H groups in total. The summed E-state index contributed by atoms with van der Waals surface area (Å²) >= 11 is 0. The molecule has 230 valence electrons. The van der Waals surface area contributed by atoms with E-state index in [0.717, 1.165) is 37.4 Å². The molecule has 0 aliphatic heterocycles. The number of aliphatic hydroxyl groups is 1. The molecular formula is C35H43NO7. The summed E-state index contributed by atoms with van der Waals surface area (Å²) in [4.78, 5) is 40.8. The van der Waals surface area contributed by atoms with Gasteiger partial charge < -0.3 is 24.1 Å². The van der Waals surface area contributed by atoms with Crippen molar-refractivity contribution in [1.29, 1.82) is 0 Å². The highest BCUT2D eigenvalue weighted by molar-refractivity contribution is 6.07. The first-order valence-electron chi connectivity index (χ1n) is 15.4. The van der Waals surface area contributed by atoms with Crippen LogP contribution in [0.4, 0.5) is 0 Å². The zero-order chi connectivity index (χ0) is 30.8. The number of fused-ring (bicyclic) bond motifs is 2. The smallest absolute Gasteiger partial charge is 0.305 e. The minimum atomic E-state index is -1.47. The van der Waals surface area contributed by atoms with E-state index in [0.29, 0.717) is 85.3 Å². The normalized spacial score (nSPS) is 18.3. The summed E-state index contributed by atoms with van der Waals surface area (Å²) < 4.78 is 17.1. The number of benzene rings is 2. The lowest BCUT2D eigenvalue weighted by Crippen LogP contribution is -2.28. The molecule has 0 bridgehead atoms. The van der Waals surface area contributed by atoms with Crippen LogP contribution in [0.25, 0.3) is 10.9 Å². The predicted molar refractivity (Wildman–Crippen MR) is 165 cm³/mol. The van der Waals surface area contributed by atoms with E-state index in [1.165, 1.54) is 0 Å². The standard InChI is InChI=1S/C35H43NO7/c1-4-6-10-24(5-2)23-43-32(38)11-9-20-42-26-14-17-30-25(21-26)12-16-31(36-30)33-34(39)28-15-13-27(41-19-8-7-18-37)22-29(28)35(33,3)40/h12-18,21-22,24,33,40H,4-11,19-20,23H2,1-3H3. The Balaban J connectivity index is 1.34. The van der Waals surface area contributed by atoms with Gasteiger partial charge in [0.25, 0.3) is 0 Å². The Morgan fingerprint density at radius 2 is 1.77 bits per heavy atom. The van der Waals surface area contributed by atoms with Crippen molar-refractivity contribution in [3.8, 4) is 11.5 Å². The van der Waals surface area contributed by atoms with Crippen LogP contribution in [0.5, 0.6) is 11.5 Å². The number of aldehydes is 1. The quantitative estimate of drug-likeness (QED) is 0.105.